The summed E-state index contributed by atoms with van der Waals surface area (Å²) in [4.78, 5) is 11.9. The van der Waals surface area contributed by atoms with Gasteiger partial charge in [-0.25, -0.2) is 0 Å². The van der Waals surface area contributed by atoms with Crippen molar-refractivity contribution in [3.05, 3.63) is 0 Å². The van der Waals surface area contributed by atoms with Gasteiger partial charge in [0.2, 0.25) is 0 Å². The van der Waals surface area contributed by atoms with Gasteiger partial charge in [-0.05, 0) is 46.0 Å². The Balaban J connectivity index is 2.42. The van der Waals surface area contributed by atoms with Gasteiger partial charge in [0.15, 0.2) is 0 Å². The van der Waals surface area contributed by atoms with Crippen LogP contribution in [0, 0.1) is 5.41 Å². The summed E-state index contributed by atoms with van der Waals surface area (Å²) >= 11 is 0. The number of carbonyl (C=O) groups excluding carboxylic acids is 1. The molecular formula is C14H26O2. The first-order valence-electron chi connectivity index (χ1n) is 6.77. The quantitative estimate of drug-likeness (QED) is 0.678. The summed E-state index contributed by atoms with van der Waals surface area (Å²) in [6, 6.07) is 0. The van der Waals surface area contributed by atoms with Crippen molar-refractivity contribution in [1.82, 2.24) is 0 Å². The zero-order valence-corrected chi connectivity index (χ0v) is 11.1. The molecule has 94 valence electrons. The lowest BCUT2D eigenvalue weighted by molar-refractivity contribution is -0.160. The number of rotatable bonds is 3. The Kier molecular flexibility index (Phi) is 5.30. The van der Waals surface area contributed by atoms with Crippen LogP contribution in [0.25, 0.3) is 0 Å². The fourth-order valence-corrected chi connectivity index (χ4v) is 1.99. The minimum Gasteiger partial charge on any atom is -0.462 e. The van der Waals surface area contributed by atoms with E-state index in [1.165, 1.54) is 32.1 Å². The van der Waals surface area contributed by atoms with E-state index in [0.717, 1.165) is 19.3 Å². The fourth-order valence-electron chi connectivity index (χ4n) is 1.99. The lowest BCUT2D eigenvalue weighted by Gasteiger charge is -2.26. The van der Waals surface area contributed by atoms with Crippen LogP contribution in [-0.2, 0) is 9.53 Å². The largest absolute Gasteiger partial charge is 0.462 e. The number of esters is 1. The maximum absolute atomic E-state index is 11.9. The first-order valence-corrected chi connectivity index (χ1v) is 6.77. The first-order chi connectivity index (χ1) is 7.56. The third-order valence-electron chi connectivity index (χ3n) is 3.76. The zero-order chi connectivity index (χ0) is 12.0. The van der Waals surface area contributed by atoms with Crippen molar-refractivity contribution in [2.45, 2.75) is 78.2 Å². The Hall–Kier alpha value is -0.530. The number of carbonyl (C=O) groups is 1. The minimum absolute atomic E-state index is 0.0134. The standard InChI is InChI=1S/C14H26O2/c1-4-14(2,3)13(15)16-12-10-8-6-5-7-9-11-12/h12H,4-11H2,1-3H3. The Labute approximate surface area is 99.8 Å². The van der Waals surface area contributed by atoms with Crippen molar-refractivity contribution < 1.29 is 9.53 Å². The highest BCUT2D eigenvalue weighted by molar-refractivity contribution is 5.75. The van der Waals surface area contributed by atoms with E-state index in [1.807, 2.05) is 20.8 Å². The van der Waals surface area contributed by atoms with Crippen LogP contribution < -0.4 is 0 Å². The number of ether oxygens (including phenoxy) is 1. The second kappa shape index (κ2) is 6.27. The van der Waals surface area contributed by atoms with Gasteiger partial charge in [-0.1, -0.05) is 26.2 Å². The predicted molar refractivity (Wildman–Crippen MR) is 66.3 cm³/mol. The van der Waals surface area contributed by atoms with Gasteiger partial charge in [0.1, 0.15) is 6.10 Å². The molecule has 0 heterocycles. The highest BCUT2D eigenvalue weighted by Gasteiger charge is 2.29. The topological polar surface area (TPSA) is 26.3 Å². The van der Waals surface area contributed by atoms with Crippen LogP contribution in [0.1, 0.15) is 72.1 Å². The maximum atomic E-state index is 11.9. The fraction of sp³-hybridized carbons (Fsp3) is 0.929. The highest BCUT2D eigenvalue weighted by Crippen LogP contribution is 2.26. The van der Waals surface area contributed by atoms with Crippen molar-refractivity contribution in [1.29, 1.82) is 0 Å². The second-order valence-electron chi connectivity index (χ2n) is 5.61. The average molecular weight is 226 g/mol. The molecule has 0 atom stereocenters. The Bertz CT molecular complexity index is 213. The second-order valence-corrected chi connectivity index (χ2v) is 5.61. The summed E-state index contributed by atoms with van der Waals surface area (Å²) in [6.07, 6.45) is 9.51. The SMILES string of the molecule is CCC(C)(C)C(=O)OC1CCCCCCC1. The molecule has 0 radical (unpaired) electrons. The minimum atomic E-state index is -0.317. The van der Waals surface area contributed by atoms with Crippen LogP contribution >= 0.6 is 0 Å². The van der Waals surface area contributed by atoms with Crippen LogP contribution in [-0.4, -0.2) is 12.1 Å². The molecule has 1 aliphatic rings. The molecule has 0 bridgehead atoms. The number of hydrogen-bond donors (Lipinski definition) is 0. The molecule has 0 saturated heterocycles. The third-order valence-corrected chi connectivity index (χ3v) is 3.76. The smallest absolute Gasteiger partial charge is 0.311 e. The van der Waals surface area contributed by atoms with Gasteiger partial charge in [0, 0.05) is 0 Å². The summed E-state index contributed by atoms with van der Waals surface area (Å²) in [5.74, 6) is -0.0134. The average Bonchev–Trinajstić information content (AvgIpc) is 2.21. The van der Waals surface area contributed by atoms with Gasteiger partial charge in [-0.3, -0.25) is 4.79 Å². The molecule has 0 aliphatic heterocycles. The Morgan fingerprint density at radius 1 is 1.12 bits per heavy atom. The summed E-state index contributed by atoms with van der Waals surface area (Å²) < 4.78 is 5.64. The summed E-state index contributed by atoms with van der Waals surface area (Å²) in [7, 11) is 0. The van der Waals surface area contributed by atoms with Crippen LogP contribution in [0.4, 0.5) is 0 Å². The van der Waals surface area contributed by atoms with Crippen molar-refractivity contribution in [3.8, 4) is 0 Å². The molecule has 1 fully saturated rings. The van der Waals surface area contributed by atoms with E-state index in [4.69, 9.17) is 4.74 Å². The predicted octanol–water partition coefficient (Wildman–Crippen LogP) is 4.08. The lowest BCUT2D eigenvalue weighted by atomic mass is 9.90. The Morgan fingerprint density at radius 3 is 2.12 bits per heavy atom. The molecule has 2 nitrogen and oxygen atoms in total. The van der Waals surface area contributed by atoms with E-state index in [0.29, 0.717) is 0 Å². The highest BCUT2D eigenvalue weighted by atomic mass is 16.5. The van der Waals surface area contributed by atoms with E-state index in [-0.39, 0.29) is 17.5 Å². The zero-order valence-electron chi connectivity index (χ0n) is 11.1. The maximum Gasteiger partial charge on any atom is 0.311 e. The molecule has 0 spiro atoms. The molecule has 1 saturated carbocycles. The van der Waals surface area contributed by atoms with E-state index in [2.05, 4.69) is 0 Å². The van der Waals surface area contributed by atoms with E-state index < -0.39 is 0 Å². The van der Waals surface area contributed by atoms with Crippen LogP contribution in [0.5, 0.6) is 0 Å². The van der Waals surface area contributed by atoms with Crippen molar-refractivity contribution in [3.63, 3.8) is 0 Å². The Morgan fingerprint density at radius 2 is 1.62 bits per heavy atom. The molecule has 0 unspecified atom stereocenters. The molecular weight excluding hydrogens is 200 g/mol. The molecule has 1 rings (SSSR count). The molecule has 0 N–H and O–H groups in total. The summed E-state index contributed by atoms with van der Waals surface area (Å²) in [5.41, 5.74) is -0.317. The summed E-state index contributed by atoms with van der Waals surface area (Å²) in [5, 5.41) is 0. The van der Waals surface area contributed by atoms with Gasteiger partial charge in [-0.2, -0.15) is 0 Å². The van der Waals surface area contributed by atoms with E-state index >= 15 is 0 Å². The number of hydrogen-bond acceptors (Lipinski definition) is 2. The van der Waals surface area contributed by atoms with Gasteiger partial charge in [-0.15, -0.1) is 0 Å². The van der Waals surface area contributed by atoms with Crippen LogP contribution in [0.2, 0.25) is 0 Å². The molecule has 0 aromatic carbocycles. The van der Waals surface area contributed by atoms with Crippen LogP contribution in [0.15, 0.2) is 0 Å². The van der Waals surface area contributed by atoms with Gasteiger partial charge < -0.3 is 4.74 Å². The van der Waals surface area contributed by atoms with Gasteiger partial charge in [0.25, 0.3) is 0 Å². The molecule has 1 aliphatic carbocycles. The molecule has 0 aromatic rings. The first kappa shape index (κ1) is 13.5. The summed E-state index contributed by atoms with van der Waals surface area (Å²) in [6.45, 7) is 5.98. The third kappa shape index (κ3) is 4.15. The molecule has 0 amide bonds. The van der Waals surface area contributed by atoms with Crippen molar-refractivity contribution in [2.75, 3.05) is 0 Å². The van der Waals surface area contributed by atoms with E-state index in [9.17, 15) is 4.79 Å². The van der Waals surface area contributed by atoms with E-state index in [1.54, 1.807) is 0 Å². The normalized spacial score (nSPS) is 19.9. The van der Waals surface area contributed by atoms with Crippen molar-refractivity contribution in [2.24, 2.45) is 5.41 Å². The van der Waals surface area contributed by atoms with Gasteiger partial charge in [0.05, 0.1) is 5.41 Å². The van der Waals surface area contributed by atoms with Gasteiger partial charge >= 0.3 is 5.97 Å². The molecule has 0 aromatic heterocycles. The van der Waals surface area contributed by atoms with Crippen molar-refractivity contribution >= 4 is 5.97 Å². The lowest BCUT2D eigenvalue weighted by Crippen LogP contribution is -2.30. The molecule has 16 heavy (non-hydrogen) atoms. The molecule has 2 heteroatoms. The monoisotopic (exact) mass is 226 g/mol. The van der Waals surface area contributed by atoms with Crippen LogP contribution in [0.3, 0.4) is 0 Å².